The first-order chi connectivity index (χ1) is 7.27. The van der Waals surface area contributed by atoms with Crippen LogP contribution in [-0.2, 0) is 9.84 Å². The normalized spacial score (nSPS) is 21.1. The summed E-state index contributed by atoms with van der Waals surface area (Å²) in [6, 6.07) is 0. The van der Waals surface area contributed by atoms with Crippen molar-refractivity contribution in [3.05, 3.63) is 0 Å². The number of likely N-dealkylation sites (N-methyl/N-ethyl adjacent to an activating group) is 1. The van der Waals surface area contributed by atoms with Gasteiger partial charge in [0.25, 0.3) is 0 Å². The average molecular weight is 248 g/mol. The van der Waals surface area contributed by atoms with Crippen LogP contribution in [0.1, 0.15) is 26.2 Å². The van der Waals surface area contributed by atoms with Gasteiger partial charge in [0.05, 0.1) is 5.75 Å². The molecular formula is C11H24N2O2S. The highest BCUT2D eigenvalue weighted by atomic mass is 32.2. The molecule has 0 spiro atoms. The van der Waals surface area contributed by atoms with Gasteiger partial charge in [-0.15, -0.1) is 0 Å². The van der Waals surface area contributed by atoms with E-state index in [9.17, 15) is 8.42 Å². The molecule has 96 valence electrons. The van der Waals surface area contributed by atoms with E-state index < -0.39 is 9.84 Å². The molecular weight excluding hydrogens is 224 g/mol. The predicted octanol–water partition coefficient (Wildman–Crippen LogP) is 0.480. The molecule has 0 radical (unpaired) electrons. The van der Waals surface area contributed by atoms with E-state index >= 15 is 0 Å². The molecule has 0 aliphatic heterocycles. The Morgan fingerprint density at radius 3 is 2.38 bits per heavy atom. The average Bonchev–Trinajstić information content (AvgIpc) is 2.96. The third-order valence-corrected chi connectivity index (χ3v) is 4.51. The molecule has 16 heavy (non-hydrogen) atoms. The Bertz CT molecular complexity index is 325. The highest BCUT2D eigenvalue weighted by Gasteiger charge is 2.35. The Balaban J connectivity index is 2.50. The number of sulfone groups is 1. The van der Waals surface area contributed by atoms with Crippen LogP contribution in [-0.4, -0.2) is 51.0 Å². The van der Waals surface area contributed by atoms with E-state index in [0.717, 1.165) is 12.3 Å². The number of hydrogen-bond donors (Lipinski definition) is 1. The van der Waals surface area contributed by atoms with Crippen LogP contribution in [0.2, 0.25) is 0 Å². The van der Waals surface area contributed by atoms with E-state index in [0.29, 0.717) is 13.1 Å². The maximum Gasteiger partial charge on any atom is 0.148 e. The van der Waals surface area contributed by atoms with Crippen LogP contribution in [0, 0.1) is 5.92 Å². The predicted molar refractivity (Wildman–Crippen MR) is 67.1 cm³/mol. The SMILES string of the molecule is CN(CCS(C)(=O)=O)C(C)(CN)CC1CC1. The van der Waals surface area contributed by atoms with Crippen LogP contribution in [0.25, 0.3) is 0 Å². The minimum atomic E-state index is -2.88. The molecule has 1 fully saturated rings. The monoisotopic (exact) mass is 248 g/mol. The van der Waals surface area contributed by atoms with Crippen molar-refractivity contribution in [2.75, 3.05) is 32.1 Å². The van der Waals surface area contributed by atoms with Crippen molar-refractivity contribution in [1.29, 1.82) is 0 Å². The molecule has 1 unspecified atom stereocenters. The van der Waals surface area contributed by atoms with Gasteiger partial charge in [-0.1, -0.05) is 12.8 Å². The second-order valence-corrected chi connectivity index (χ2v) is 7.66. The van der Waals surface area contributed by atoms with Crippen LogP contribution in [0.3, 0.4) is 0 Å². The van der Waals surface area contributed by atoms with Gasteiger partial charge in [-0.3, -0.25) is 4.90 Å². The molecule has 0 aromatic rings. The van der Waals surface area contributed by atoms with Crippen LogP contribution < -0.4 is 5.73 Å². The van der Waals surface area contributed by atoms with Crippen molar-refractivity contribution >= 4 is 9.84 Å². The van der Waals surface area contributed by atoms with Gasteiger partial charge in [0, 0.05) is 24.9 Å². The second-order valence-electron chi connectivity index (χ2n) is 5.40. The zero-order valence-corrected chi connectivity index (χ0v) is 11.4. The zero-order valence-electron chi connectivity index (χ0n) is 10.6. The molecule has 4 nitrogen and oxygen atoms in total. The number of hydrogen-bond acceptors (Lipinski definition) is 4. The fourth-order valence-corrected chi connectivity index (χ4v) is 2.52. The topological polar surface area (TPSA) is 63.4 Å². The molecule has 0 bridgehead atoms. The Morgan fingerprint density at radius 2 is 2.00 bits per heavy atom. The number of rotatable bonds is 7. The fourth-order valence-electron chi connectivity index (χ4n) is 1.91. The third-order valence-electron chi connectivity index (χ3n) is 3.58. The smallest absolute Gasteiger partial charge is 0.148 e. The Kier molecular flexibility index (Phi) is 4.37. The first kappa shape index (κ1) is 13.9. The molecule has 1 rings (SSSR count). The minimum absolute atomic E-state index is 0.0497. The lowest BCUT2D eigenvalue weighted by Crippen LogP contribution is -2.51. The maximum atomic E-state index is 11.1. The van der Waals surface area contributed by atoms with Crippen LogP contribution in [0.15, 0.2) is 0 Å². The summed E-state index contributed by atoms with van der Waals surface area (Å²) < 4.78 is 22.3. The van der Waals surface area contributed by atoms with Crippen molar-refractivity contribution in [3.8, 4) is 0 Å². The van der Waals surface area contributed by atoms with E-state index in [1.54, 1.807) is 0 Å². The standard InChI is InChI=1S/C11H24N2O2S/c1-11(9-12,8-10-4-5-10)13(2)6-7-16(3,14)15/h10H,4-9,12H2,1-3H3. The fraction of sp³-hybridized carbons (Fsp3) is 1.00. The summed E-state index contributed by atoms with van der Waals surface area (Å²) in [7, 11) is -0.910. The molecule has 0 aromatic carbocycles. The van der Waals surface area contributed by atoms with E-state index in [4.69, 9.17) is 5.73 Å². The van der Waals surface area contributed by atoms with Crippen LogP contribution in [0.4, 0.5) is 0 Å². The van der Waals surface area contributed by atoms with E-state index in [-0.39, 0.29) is 11.3 Å². The summed E-state index contributed by atoms with van der Waals surface area (Å²) in [6.07, 6.45) is 4.97. The summed E-state index contributed by atoms with van der Waals surface area (Å²) in [6.45, 7) is 3.29. The number of nitrogens with two attached hydrogens (primary N) is 1. The summed E-state index contributed by atoms with van der Waals surface area (Å²) in [4.78, 5) is 2.10. The van der Waals surface area contributed by atoms with Gasteiger partial charge >= 0.3 is 0 Å². The lowest BCUT2D eigenvalue weighted by atomic mass is 9.93. The molecule has 1 atom stereocenters. The molecule has 0 saturated heterocycles. The van der Waals surface area contributed by atoms with E-state index in [2.05, 4.69) is 11.8 Å². The Hall–Kier alpha value is -0.130. The summed E-state index contributed by atoms with van der Waals surface area (Å²) in [5.74, 6) is 1.01. The molecule has 2 N–H and O–H groups in total. The van der Waals surface area contributed by atoms with Crippen molar-refractivity contribution in [3.63, 3.8) is 0 Å². The van der Waals surface area contributed by atoms with E-state index in [1.807, 2.05) is 7.05 Å². The molecule has 0 amide bonds. The molecule has 1 saturated carbocycles. The summed E-state index contributed by atoms with van der Waals surface area (Å²) in [5.41, 5.74) is 5.78. The molecule has 0 aromatic heterocycles. The van der Waals surface area contributed by atoms with Crippen molar-refractivity contribution in [2.24, 2.45) is 11.7 Å². The first-order valence-electron chi connectivity index (χ1n) is 5.86. The highest BCUT2D eigenvalue weighted by Crippen LogP contribution is 2.38. The second kappa shape index (κ2) is 5.02. The Labute approximate surface area is 99.1 Å². The Morgan fingerprint density at radius 1 is 1.44 bits per heavy atom. The molecule has 1 aliphatic rings. The van der Waals surface area contributed by atoms with Gasteiger partial charge in [-0.2, -0.15) is 0 Å². The van der Waals surface area contributed by atoms with Crippen LogP contribution in [0.5, 0.6) is 0 Å². The van der Waals surface area contributed by atoms with Gasteiger partial charge in [0.15, 0.2) is 0 Å². The van der Waals surface area contributed by atoms with Crippen LogP contribution >= 0.6 is 0 Å². The largest absolute Gasteiger partial charge is 0.329 e. The zero-order chi connectivity index (χ0) is 12.4. The lowest BCUT2D eigenvalue weighted by Gasteiger charge is -2.38. The molecule has 5 heteroatoms. The number of nitrogens with zero attached hydrogens (tertiary/aromatic N) is 1. The molecule has 0 heterocycles. The lowest BCUT2D eigenvalue weighted by molar-refractivity contribution is 0.135. The first-order valence-corrected chi connectivity index (χ1v) is 7.92. The maximum absolute atomic E-state index is 11.1. The van der Waals surface area contributed by atoms with Gasteiger partial charge in [0.2, 0.25) is 0 Å². The van der Waals surface area contributed by atoms with Gasteiger partial charge < -0.3 is 5.73 Å². The summed E-state index contributed by atoms with van der Waals surface area (Å²) >= 11 is 0. The third kappa shape index (κ3) is 4.39. The van der Waals surface area contributed by atoms with Crippen molar-refractivity contribution in [1.82, 2.24) is 4.90 Å². The summed E-state index contributed by atoms with van der Waals surface area (Å²) in [5, 5.41) is 0. The quantitative estimate of drug-likeness (QED) is 0.712. The van der Waals surface area contributed by atoms with Crippen molar-refractivity contribution in [2.45, 2.75) is 31.7 Å². The van der Waals surface area contributed by atoms with Gasteiger partial charge in [-0.25, -0.2) is 8.42 Å². The minimum Gasteiger partial charge on any atom is -0.329 e. The van der Waals surface area contributed by atoms with Crippen molar-refractivity contribution < 1.29 is 8.42 Å². The highest BCUT2D eigenvalue weighted by molar-refractivity contribution is 7.90. The molecule has 1 aliphatic carbocycles. The van der Waals surface area contributed by atoms with E-state index in [1.165, 1.54) is 19.1 Å². The van der Waals surface area contributed by atoms with Gasteiger partial charge in [0.1, 0.15) is 9.84 Å². The van der Waals surface area contributed by atoms with Gasteiger partial charge in [-0.05, 0) is 26.3 Å².